The molecule has 0 saturated carbocycles. The Labute approximate surface area is 150 Å². The van der Waals surface area contributed by atoms with Gasteiger partial charge in [0.15, 0.2) is 6.61 Å². The highest BCUT2D eigenvalue weighted by atomic mass is 35.5. The maximum absolute atomic E-state index is 13.1. The van der Waals surface area contributed by atoms with E-state index in [1.165, 1.54) is 30.1 Å². The number of halogens is 2. The van der Waals surface area contributed by atoms with Gasteiger partial charge < -0.3 is 15.0 Å². The van der Waals surface area contributed by atoms with Crippen molar-refractivity contribution in [2.45, 2.75) is 6.92 Å². The highest BCUT2D eigenvalue weighted by Gasteiger charge is 2.14. The molecule has 0 atom stereocenters. The van der Waals surface area contributed by atoms with Crippen LogP contribution in [0.25, 0.3) is 0 Å². The number of carbonyl (C=O) groups excluding carboxylic acids is 2. The number of carbonyl (C=O) groups is 2. The van der Waals surface area contributed by atoms with Gasteiger partial charge in [-0.15, -0.1) is 0 Å². The molecule has 1 N–H and O–H groups in total. The van der Waals surface area contributed by atoms with Gasteiger partial charge in [0.25, 0.3) is 5.91 Å². The first kappa shape index (κ1) is 18.7. The fourth-order valence-electron chi connectivity index (χ4n) is 2.09. The standard InChI is InChI=1S/C18H18ClFN2O3/c1-12-8-13(19)6-7-16(12)25-11-18(24)22(2)10-17(23)21-15-5-3-4-14(20)9-15/h3-9H,10-11H2,1-2H3,(H,21,23). The first-order chi connectivity index (χ1) is 11.8. The number of nitrogens with one attached hydrogen (secondary N) is 1. The molecule has 0 aliphatic heterocycles. The van der Waals surface area contributed by atoms with E-state index in [1.807, 2.05) is 6.92 Å². The lowest BCUT2D eigenvalue weighted by atomic mass is 10.2. The molecule has 2 amide bonds. The van der Waals surface area contributed by atoms with Gasteiger partial charge in [0.05, 0.1) is 6.54 Å². The van der Waals surface area contributed by atoms with E-state index < -0.39 is 11.7 Å². The summed E-state index contributed by atoms with van der Waals surface area (Å²) in [5.74, 6) is -0.683. The smallest absolute Gasteiger partial charge is 0.260 e. The van der Waals surface area contributed by atoms with E-state index in [0.29, 0.717) is 16.5 Å². The van der Waals surface area contributed by atoms with Crippen LogP contribution < -0.4 is 10.1 Å². The molecule has 0 aromatic heterocycles. The zero-order valence-electron chi connectivity index (χ0n) is 13.9. The summed E-state index contributed by atoms with van der Waals surface area (Å²) in [6.07, 6.45) is 0. The molecule has 0 spiro atoms. The van der Waals surface area contributed by atoms with E-state index >= 15 is 0 Å². The Bertz CT molecular complexity index is 783. The molecular weight excluding hydrogens is 347 g/mol. The van der Waals surface area contributed by atoms with Crippen LogP contribution in [-0.2, 0) is 9.59 Å². The number of ether oxygens (including phenoxy) is 1. The number of rotatable bonds is 6. The second-order valence-corrected chi connectivity index (χ2v) is 5.94. The van der Waals surface area contributed by atoms with E-state index in [4.69, 9.17) is 16.3 Å². The van der Waals surface area contributed by atoms with E-state index in [0.717, 1.165) is 5.56 Å². The van der Waals surface area contributed by atoms with Crippen molar-refractivity contribution in [1.82, 2.24) is 4.90 Å². The predicted octanol–water partition coefficient (Wildman–Crippen LogP) is 3.26. The number of hydrogen-bond donors (Lipinski definition) is 1. The third-order valence-corrected chi connectivity index (χ3v) is 3.64. The normalized spacial score (nSPS) is 10.2. The van der Waals surface area contributed by atoms with Crippen LogP contribution in [0.3, 0.4) is 0 Å². The van der Waals surface area contributed by atoms with Crippen LogP contribution in [0.4, 0.5) is 10.1 Å². The molecule has 0 unspecified atom stereocenters. The molecule has 25 heavy (non-hydrogen) atoms. The average molecular weight is 365 g/mol. The number of likely N-dealkylation sites (N-methyl/N-ethyl adjacent to an activating group) is 1. The summed E-state index contributed by atoms with van der Waals surface area (Å²) >= 11 is 5.87. The Morgan fingerprint density at radius 1 is 1.24 bits per heavy atom. The van der Waals surface area contributed by atoms with Gasteiger partial charge >= 0.3 is 0 Å². The van der Waals surface area contributed by atoms with Gasteiger partial charge in [-0.2, -0.15) is 0 Å². The SMILES string of the molecule is Cc1cc(Cl)ccc1OCC(=O)N(C)CC(=O)Nc1cccc(F)c1. The number of aryl methyl sites for hydroxylation is 1. The highest BCUT2D eigenvalue weighted by Crippen LogP contribution is 2.21. The van der Waals surface area contributed by atoms with E-state index in [9.17, 15) is 14.0 Å². The van der Waals surface area contributed by atoms with Crippen molar-refractivity contribution in [2.24, 2.45) is 0 Å². The molecule has 2 aromatic carbocycles. The van der Waals surface area contributed by atoms with Crippen molar-refractivity contribution in [1.29, 1.82) is 0 Å². The molecule has 0 saturated heterocycles. The molecule has 5 nitrogen and oxygen atoms in total. The molecule has 2 rings (SSSR count). The lowest BCUT2D eigenvalue weighted by Gasteiger charge is -2.17. The Morgan fingerprint density at radius 2 is 2.00 bits per heavy atom. The summed E-state index contributed by atoms with van der Waals surface area (Å²) in [5, 5.41) is 3.11. The molecule has 7 heteroatoms. The van der Waals surface area contributed by atoms with E-state index in [2.05, 4.69) is 5.32 Å². The van der Waals surface area contributed by atoms with Gasteiger partial charge in [0, 0.05) is 17.8 Å². The fraction of sp³-hybridized carbons (Fsp3) is 0.222. The van der Waals surface area contributed by atoms with Crippen LogP contribution in [0.2, 0.25) is 5.02 Å². The van der Waals surface area contributed by atoms with Crippen molar-refractivity contribution in [3.63, 3.8) is 0 Å². The summed E-state index contributed by atoms with van der Waals surface area (Å²) in [7, 11) is 1.49. The van der Waals surface area contributed by atoms with Gasteiger partial charge in [-0.05, 0) is 48.9 Å². The Hall–Kier alpha value is -2.60. The van der Waals surface area contributed by atoms with Crippen molar-refractivity contribution in [3.8, 4) is 5.75 Å². The van der Waals surface area contributed by atoms with Gasteiger partial charge in [-0.3, -0.25) is 9.59 Å². The van der Waals surface area contributed by atoms with Gasteiger partial charge in [0.1, 0.15) is 11.6 Å². The molecule has 2 aromatic rings. The maximum atomic E-state index is 13.1. The summed E-state index contributed by atoms with van der Waals surface area (Å²) in [6, 6.07) is 10.6. The molecule has 0 heterocycles. The number of nitrogens with zero attached hydrogens (tertiary/aromatic N) is 1. The highest BCUT2D eigenvalue weighted by molar-refractivity contribution is 6.30. The van der Waals surface area contributed by atoms with Crippen LogP contribution in [0.5, 0.6) is 5.75 Å². The Morgan fingerprint density at radius 3 is 2.68 bits per heavy atom. The van der Waals surface area contributed by atoms with E-state index in [1.54, 1.807) is 24.3 Å². The zero-order valence-corrected chi connectivity index (χ0v) is 14.6. The largest absolute Gasteiger partial charge is 0.483 e. The minimum Gasteiger partial charge on any atom is -0.483 e. The topological polar surface area (TPSA) is 58.6 Å². The minimum atomic E-state index is -0.450. The van der Waals surface area contributed by atoms with Crippen LogP contribution in [-0.4, -0.2) is 36.9 Å². The molecule has 0 bridgehead atoms. The summed E-state index contributed by atoms with van der Waals surface area (Å²) < 4.78 is 18.5. The molecular formula is C18H18ClFN2O3. The number of benzene rings is 2. The zero-order chi connectivity index (χ0) is 18.4. The Balaban J connectivity index is 1.84. The van der Waals surface area contributed by atoms with Crippen molar-refractivity contribution in [3.05, 3.63) is 58.9 Å². The molecule has 0 radical (unpaired) electrons. The van der Waals surface area contributed by atoms with Crippen molar-refractivity contribution >= 4 is 29.1 Å². The number of anilines is 1. The van der Waals surface area contributed by atoms with Crippen molar-refractivity contribution < 1.29 is 18.7 Å². The average Bonchev–Trinajstić information content (AvgIpc) is 2.53. The molecule has 132 valence electrons. The minimum absolute atomic E-state index is 0.168. The fourth-order valence-corrected chi connectivity index (χ4v) is 2.32. The van der Waals surface area contributed by atoms with Crippen molar-refractivity contribution in [2.75, 3.05) is 25.5 Å². The molecule has 0 fully saturated rings. The summed E-state index contributed by atoms with van der Waals surface area (Å²) in [4.78, 5) is 25.2. The monoisotopic (exact) mass is 364 g/mol. The number of hydrogen-bond acceptors (Lipinski definition) is 3. The van der Waals surface area contributed by atoms with Crippen LogP contribution in [0.1, 0.15) is 5.56 Å². The lowest BCUT2D eigenvalue weighted by molar-refractivity contribution is -0.135. The first-order valence-electron chi connectivity index (χ1n) is 7.53. The lowest BCUT2D eigenvalue weighted by Crippen LogP contribution is -2.37. The second-order valence-electron chi connectivity index (χ2n) is 5.51. The first-order valence-corrected chi connectivity index (χ1v) is 7.91. The second kappa shape index (κ2) is 8.48. The van der Waals surface area contributed by atoms with Gasteiger partial charge in [-0.1, -0.05) is 17.7 Å². The quantitative estimate of drug-likeness (QED) is 0.855. The molecule has 0 aliphatic rings. The van der Waals surface area contributed by atoms with Crippen LogP contribution in [0, 0.1) is 12.7 Å². The summed E-state index contributed by atoms with van der Waals surface area (Å²) in [6.45, 7) is 1.45. The summed E-state index contributed by atoms with van der Waals surface area (Å²) in [5.41, 5.74) is 1.14. The molecule has 0 aliphatic carbocycles. The third-order valence-electron chi connectivity index (χ3n) is 3.40. The van der Waals surface area contributed by atoms with Gasteiger partial charge in [0.2, 0.25) is 5.91 Å². The van der Waals surface area contributed by atoms with E-state index in [-0.39, 0.29) is 19.1 Å². The maximum Gasteiger partial charge on any atom is 0.260 e. The Kier molecular flexibility index (Phi) is 6.36. The third kappa shape index (κ3) is 5.76. The van der Waals surface area contributed by atoms with Gasteiger partial charge in [-0.25, -0.2) is 4.39 Å². The van der Waals surface area contributed by atoms with Crippen LogP contribution >= 0.6 is 11.6 Å². The predicted molar refractivity (Wildman–Crippen MR) is 94.4 cm³/mol. The van der Waals surface area contributed by atoms with Crippen LogP contribution in [0.15, 0.2) is 42.5 Å². The number of amides is 2.